The topological polar surface area (TPSA) is 12.0 Å². The van der Waals surface area contributed by atoms with E-state index >= 15 is 0 Å². The summed E-state index contributed by atoms with van der Waals surface area (Å²) in [4.78, 5) is 0. The Hall–Kier alpha value is -0.650. The molecule has 0 amide bonds. The zero-order valence-electron chi connectivity index (χ0n) is 11.9. The van der Waals surface area contributed by atoms with Crippen molar-refractivity contribution >= 4 is 34.2 Å². The third-order valence-electron chi connectivity index (χ3n) is 3.34. The van der Waals surface area contributed by atoms with Crippen LogP contribution in [0.2, 0.25) is 5.02 Å². The Morgan fingerprint density at radius 3 is 2.52 bits per heavy atom. The van der Waals surface area contributed by atoms with E-state index in [2.05, 4.69) is 59.1 Å². The molecule has 0 aromatic heterocycles. The van der Waals surface area contributed by atoms with E-state index in [1.807, 2.05) is 0 Å². The first-order chi connectivity index (χ1) is 10.1. The van der Waals surface area contributed by atoms with E-state index in [0.29, 0.717) is 0 Å². The van der Waals surface area contributed by atoms with Gasteiger partial charge in [-0.15, -0.1) is 0 Å². The lowest BCUT2D eigenvalue weighted by Gasteiger charge is -2.19. The first kappa shape index (κ1) is 16.7. The molecule has 2 rings (SSSR count). The smallest absolute Gasteiger partial charge is 0.141 e. The second kappa shape index (κ2) is 8.11. The molecule has 2 aromatic carbocycles. The average Bonchev–Trinajstić information content (AvgIpc) is 2.48. The second-order valence-corrected chi connectivity index (χ2v) is 6.66. The van der Waals surface area contributed by atoms with Gasteiger partial charge in [-0.25, -0.2) is 4.39 Å². The molecule has 0 saturated heterocycles. The van der Waals surface area contributed by atoms with Gasteiger partial charge in [-0.05, 0) is 77.4 Å². The van der Waals surface area contributed by atoms with Crippen molar-refractivity contribution in [2.75, 3.05) is 6.54 Å². The predicted molar refractivity (Wildman–Crippen MR) is 95.3 cm³/mol. The number of rotatable bonds is 6. The van der Waals surface area contributed by atoms with Crippen molar-refractivity contribution in [3.05, 3.63) is 68.0 Å². The molecule has 0 radical (unpaired) electrons. The van der Waals surface area contributed by atoms with Crippen LogP contribution in [0.4, 0.5) is 4.39 Å². The van der Waals surface area contributed by atoms with Gasteiger partial charge in [0.05, 0.1) is 5.02 Å². The zero-order chi connectivity index (χ0) is 15.2. The van der Waals surface area contributed by atoms with Crippen LogP contribution in [0, 0.1) is 9.39 Å². The summed E-state index contributed by atoms with van der Waals surface area (Å²) in [7, 11) is 0. The number of halogens is 3. The first-order valence-corrected chi connectivity index (χ1v) is 8.48. The number of benzene rings is 2. The summed E-state index contributed by atoms with van der Waals surface area (Å²) >= 11 is 8.17. The van der Waals surface area contributed by atoms with Crippen molar-refractivity contribution < 1.29 is 4.39 Å². The molecule has 1 nitrogen and oxygen atoms in total. The molecule has 0 aliphatic heterocycles. The maximum Gasteiger partial charge on any atom is 0.141 e. The highest BCUT2D eigenvalue weighted by molar-refractivity contribution is 14.1. The van der Waals surface area contributed by atoms with Crippen LogP contribution in [-0.2, 0) is 6.42 Å². The van der Waals surface area contributed by atoms with E-state index < -0.39 is 0 Å². The molecule has 21 heavy (non-hydrogen) atoms. The quantitative estimate of drug-likeness (QED) is 0.623. The Morgan fingerprint density at radius 2 is 1.90 bits per heavy atom. The van der Waals surface area contributed by atoms with E-state index in [1.165, 1.54) is 15.2 Å². The van der Waals surface area contributed by atoms with Crippen molar-refractivity contribution in [1.29, 1.82) is 0 Å². The molecule has 4 heteroatoms. The van der Waals surface area contributed by atoms with Crippen molar-refractivity contribution in [3.8, 4) is 0 Å². The molecule has 2 aromatic rings. The molecule has 112 valence electrons. The Balaban J connectivity index is 2.19. The van der Waals surface area contributed by atoms with Crippen LogP contribution >= 0.6 is 34.2 Å². The average molecular weight is 418 g/mol. The van der Waals surface area contributed by atoms with Gasteiger partial charge in [0.1, 0.15) is 5.82 Å². The Bertz CT molecular complexity index is 586. The largest absolute Gasteiger partial charge is 0.310 e. The highest BCUT2D eigenvalue weighted by atomic mass is 127. The van der Waals surface area contributed by atoms with E-state index in [0.717, 1.165) is 24.9 Å². The molecule has 1 atom stereocenters. The maximum atomic E-state index is 13.3. The Morgan fingerprint density at radius 1 is 1.19 bits per heavy atom. The lowest BCUT2D eigenvalue weighted by Crippen LogP contribution is -2.24. The summed E-state index contributed by atoms with van der Waals surface area (Å²) in [5.74, 6) is -0.368. The van der Waals surface area contributed by atoms with E-state index in [1.54, 1.807) is 12.1 Å². The van der Waals surface area contributed by atoms with Crippen LogP contribution in [-0.4, -0.2) is 6.54 Å². The van der Waals surface area contributed by atoms with E-state index in [-0.39, 0.29) is 16.9 Å². The van der Waals surface area contributed by atoms with Gasteiger partial charge in [0.15, 0.2) is 0 Å². The molecule has 1 unspecified atom stereocenters. The Labute approximate surface area is 144 Å². The van der Waals surface area contributed by atoms with E-state index in [9.17, 15) is 4.39 Å². The van der Waals surface area contributed by atoms with Gasteiger partial charge in [0, 0.05) is 9.61 Å². The monoisotopic (exact) mass is 417 g/mol. The molecular weight excluding hydrogens is 400 g/mol. The number of nitrogens with one attached hydrogen (secondary N) is 1. The summed E-state index contributed by atoms with van der Waals surface area (Å²) in [5, 5.41) is 3.73. The van der Waals surface area contributed by atoms with E-state index in [4.69, 9.17) is 11.6 Å². The fourth-order valence-corrected chi connectivity index (χ4v) is 2.79. The fraction of sp³-hybridized carbons (Fsp3) is 0.294. The van der Waals surface area contributed by atoms with Crippen molar-refractivity contribution in [2.24, 2.45) is 0 Å². The van der Waals surface area contributed by atoms with Gasteiger partial charge in [0.25, 0.3) is 0 Å². The van der Waals surface area contributed by atoms with Crippen molar-refractivity contribution in [2.45, 2.75) is 25.8 Å². The lowest BCUT2D eigenvalue weighted by atomic mass is 9.98. The number of hydrogen-bond acceptors (Lipinski definition) is 1. The van der Waals surface area contributed by atoms with Gasteiger partial charge >= 0.3 is 0 Å². The summed E-state index contributed by atoms with van der Waals surface area (Å²) < 4.78 is 14.5. The minimum absolute atomic E-state index is 0.185. The highest BCUT2D eigenvalue weighted by Crippen LogP contribution is 2.23. The summed E-state index contributed by atoms with van der Waals surface area (Å²) in [6, 6.07) is 13.6. The normalized spacial score (nSPS) is 12.4. The summed E-state index contributed by atoms with van der Waals surface area (Å²) in [6.45, 7) is 3.10. The van der Waals surface area contributed by atoms with Gasteiger partial charge in [-0.1, -0.05) is 36.7 Å². The number of hydrogen-bond donors (Lipinski definition) is 1. The standard InChI is InChI=1S/C17H18ClFIN/c1-2-9-21-17(13-4-6-14(20)7-5-13)11-12-3-8-16(19)15(18)10-12/h3-8,10,17,21H,2,9,11H2,1H3. The molecule has 0 aliphatic rings. The second-order valence-electron chi connectivity index (χ2n) is 5.01. The van der Waals surface area contributed by atoms with Gasteiger partial charge in [-0.2, -0.15) is 0 Å². The maximum absolute atomic E-state index is 13.3. The SMILES string of the molecule is CCCNC(Cc1ccc(F)c(Cl)c1)c1ccc(I)cc1. The molecule has 1 N–H and O–H groups in total. The lowest BCUT2D eigenvalue weighted by molar-refractivity contribution is 0.528. The summed E-state index contributed by atoms with van der Waals surface area (Å²) in [5.41, 5.74) is 2.28. The van der Waals surface area contributed by atoms with Crippen molar-refractivity contribution in [1.82, 2.24) is 5.32 Å². The van der Waals surface area contributed by atoms with Crippen LogP contribution in [0.5, 0.6) is 0 Å². The predicted octanol–water partition coefficient (Wildman–Crippen LogP) is 5.37. The van der Waals surface area contributed by atoms with Crippen LogP contribution < -0.4 is 5.32 Å². The minimum atomic E-state index is -0.368. The highest BCUT2D eigenvalue weighted by Gasteiger charge is 2.12. The van der Waals surface area contributed by atoms with Crippen LogP contribution in [0.25, 0.3) is 0 Å². The van der Waals surface area contributed by atoms with Gasteiger partial charge in [0.2, 0.25) is 0 Å². The van der Waals surface area contributed by atoms with Gasteiger partial charge in [-0.3, -0.25) is 0 Å². The fourth-order valence-electron chi connectivity index (χ4n) is 2.22. The van der Waals surface area contributed by atoms with Crippen LogP contribution in [0.3, 0.4) is 0 Å². The van der Waals surface area contributed by atoms with Gasteiger partial charge < -0.3 is 5.32 Å². The molecule has 0 spiro atoms. The molecule has 0 saturated carbocycles. The molecule has 0 heterocycles. The molecule has 0 fully saturated rings. The zero-order valence-corrected chi connectivity index (χ0v) is 14.8. The van der Waals surface area contributed by atoms with Crippen LogP contribution in [0.1, 0.15) is 30.5 Å². The van der Waals surface area contributed by atoms with Crippen LogP contribution in [0.15, 0.2) is 42.5 Å². The summed E-state index contributed by atoms with van der Waals surface area (Å²) in [6.07, 6.45) is 1.87. The first-order valence-electron chi connectivity index (χ1n) is 7.03. The minimum Gasteiger partial charge on any atom is -0.310 e. The Kier molecular flexibility index (Phi) is 6.45. The third-order valence-corrected chi connectivity index (χ3v) is 4.35. The molecule has 0 aliphatic carbocycles. The third kappa shape index (κ3) is 4.94. The van der Waals surface area contributed by atoms with Crippen molar-refractivity contribution in [3.63, 3.8) is 0 Å². The molecular formula is C17H18ClFIN. The molecule has 0 bridgehead atoms.